The number of hydrogen-bond donors (Lipinski definition) is 0. The van der Waals surface area contributed by atoms with Crippen molar-refractivity contribution in [1.29, 1.82) is 0 Å². The highest BCUT2D eigenvalue weighted by atomic mass is 16.6. The quantitative estimate of drug-likeness (QED) is 0.305. The van der Waals surface area contributed by atoms with Crippen LogP contribution in [0.5, 0.6) is 5.75 Å². The van der Waals surface area contributed by atoms with E-state index in [0.29, 0.717) is 12.4 Å². The fourth-order valence-electron chi connectivity index (χ4n) is 4.85. The van der Waals surface area contributed by atoms with Gasteiger partial charge in [-0.05, 0) is 106 Å². The first-order chi connectivity index (χ1) is 15.7. The summed E-state index contributed by atoms with van der Waals surface area (Å²) in [4.78, 5) is 22.4. The third kappa shape index (κ3) is 6.47. The first kappa shape index (κ1) is 23.1. The minimum absolute atomic E-state index is 0.0783. The van der Waals surface area contributed by atoms with Crippen LogP contribution in [0.3, 0.4) is 0 Å². The monoisotopic (exact) mass is 441 g/mol. The molecule has 1 aromatic carbocycles. The molecule has 0 aromatic heterocycles. The summed E-state index contributed by atoms with van der Waals surface area (Å²) in [6.45, 7) is 8.18. The van der Waals surface area contributed by atoms with Crippen molar-refractivity contribution in [2.45, 2.75) is 64.7 Å². The van der Waals surface area contributed by atoms with Gasteiger partial charge in [0.2, 0.25) is 0 Å². The Morgan fingerprint density at radius 3 is 2.38 bits per heavy atom. The zero-order valence-electron chi connectivity index (χ0n) is 19.7. The summed E-state index contributed by atoms with van der Waals surface area (Å²) in [5.74, 6) is 0.791. The topological polar surface area (TPSA) is 54.4 Å². The van der Waals surface area contributed by atoms with Crippen LogP contribution in [0.4, 0.5) is 0 Å². The van der Waals surface area contributed by atoms with E-state index in [-0.39, 0.29) is 12.5 Å². The molecule has 176 valence electrons. The van der Waals surface area contributed by atoms with Crippen LogP contribution in [-0.2, 0) is 9.63 Å². The Morgan fingerprint density at radius 1 is 1.00 bits per heavy atom. The fraction of sp³-hybridized carbons (Fsp3) is 0.692. The number of rotatable bonds is 10. The summed E-state index contributed by atoms with van der Waals surface area (Å²) in [5, 5.41) is 4.39. The molecule has 0 bridgehead atoms. The Bertz CT molecular complexity index is 757. The molecule has 2 saturated heterocycles. The van der Waals surface area contributed by atoms with Crippen molar-refractivity contribution in [1.82, 2.24) is 9.80 Å². The molecule has 0 atom stereocenters. The van der Waals surface area contributed by atoms with E-state index in [0.717, 1.165) is 62.0 Å². The molecule has 2 aliphatic heterocycles. The Kier molecular flexibility index (Phi) is 8.06. The van der Waals surface area contributed by atoms with Gasteiger partial charge in [0.05, 0.1) is 5.71 Å². The van der Waals surface area contributed by atoms with Crippen molar-refractivity contribution < 1.29 is 14.4 Å². The molecule has 3 aliphatic rings. The lowest BCUT2D eigenvalue weighted by atomic mass is 9.94. The van der Waals surface area contributed by atoms with Crippen molar-refractivity contribution in [3.8, 4) is 5.75 Å². The lowest BCUT2D eigenvalue weighted by Gasteiger charge is -2.31. The largest absolute Gasteiger partial charge is 0.484 e. The second kappa shape index (κ2) is 11.2. The highest BCUT2D eigenvalue weighted by Gasteiger charge is 2.44. The number of piperidine rings is 2. The molecule has 1 amide bonds. The SMILES string of the molecule is CCC(=NOCCCN1CCC2(CC1)CC2)c1ccc(OCC(=O)N2CCCCC2)cc1. The van der Waals surface area contributed by atoms with Crippen LogP contribution in [0.25, 0.3) is 0 Å². The Morgan fingerprint density at radius 2 is 1.72 bits per heavy atom. The zero-order valence-corrected chi connectivity index (χ0v) is 19.7. The van der Waals surface area contributed by atoms with Crippen LogP contribution < -0.4 is 4.74 Å². The van der Waals surface area contributed by atoms with Gasteiger partial charge in [-0.2, -0.15) is 0 Å². The van der Waals surface area contributed by atoms with E-state index in [1.165, 1.54) is 45.2 Å². The van der Waals surface area contributed by atoms with Crippen LogP contribution in [0.15, 0.2) is 29.4 Å². The van der Waals surface area contributed by atoms with Gasteiger partial charge in [-0.3, -0.25) is 4.79 Å². The lowest BCUT2D eigenvalue weighted by Crippen LogP contribution is -2.38. The van der Waals surface area contributed by atoms with Gasteiger partial charge in [-0.25, -0.2) is 0 Å². The molecule has 0 unspecified atom stereocenters. The molecule has 1 aromatic rings. The molecule has 32 heavy (non-hydrogen) atoms. The van der Waals surface area contributed by atoms with Gasteiger partial charge >= 0.3 is 0 Å². The predicted octanol–water partition coefficient (Wildman–Crippen LogP) is 4.47. The summed E-state index contributed by atoms with van der Waals surface area (Å²) >= 11 is 0. The van der Waals surface area contributed by atoms with Crippen molar-refractivity contribution in [3.63, 3.8) is 0 Å². The average molecular weight is 442 g/mol. The van der Waals surface area contributed by atoms with Crippen molar-refractivity contribution in [2.75, 3.05) is 45.9 Å². The van der Waals surface area contributed by atoms with Crippen LogP contribution >= 0.6 is 0 Å². The number of benzene rings is 1. The van der Waals surface area contributed by atoms with Gasteiger partial charge in [0.1, 0.15) is 12.4 Å². The third-order valence-electron chi connectivity index (χ3n) is 7.35. The number of oxime groups is 1. The van der Waals surface area contributed by atoms with Crippen molar-refractivity contribution in [3.05, 3.63) is 29.8 Å². The van der Waals surface area contributed by atoms with Gasteiger partial charge in [0.15, 0.2) is 6.61 Å². The number of ether oxygens (including phenoxy) is 1. The number of likely N-dealkylation sites (tertiary alicyclic amines) is 2. The maximum absolute atomic E-state index is 12.3. The summed E-state index contributed by atoms with van der Waals surface area (Å²) in [5.41, 5.74) is 2.72. The molecule has 1 spiro atoms. The number of carbonyl (C=O) groups is 1. The molecule has 6 heteroatoms. The van der Waals surface area contributed by atoms with E-state index in [1.54, 1.807) is 0 Å². The highest BCUT2D eigenvalue weighted by molar-refractivity contribution is 6.00. The van der Waals surface area contributed by atoms with E-state index in [4.69, 9.17) is 9.57 Å². The van der Waals surface area contributed by atoms with Crippen LogP contribution in [0, 0.1) is 5.41 Å². The molecule has 1 saturated carbocycles. The molecular weight excluding hydrogens is 402 g/mol. The summed E-state index contributed by atoms with van der Waals surface area (Å²) in [6, 6.07) is 7.81. The van der Waals surface area contributed by atoms with E-state index in [1.807, 2.05) is 29.2 Å². The number of amides is 1. The molecule has 2 heterocycles. The number of carbonyl (C=O) groups excluding carboxylic acids is 1. The van der Waals surface area contributed by atoms with Crippen LogP contribution in [0.2, 0.25) is 0 Å². The fourth-order valence-corrected chi connectivity index (χ4v) is 4.85. The summed E-state index contributed by atoms with van der Waals surface area (Å²) < 4.78 is 5.71. The van der Waals surface area contributed by atoms with Gasteiger partial charge in [-0.1, -0.05) is 12.1 Å². The molecule has 0 N–H and O–H groups in total. The molecule has 3 fully saturated rings. The number of hydrogen-bond acceptors (Lipinski definition) is 5. The Hall–Kier alpha value is -2.08. The lowest BCUT2D eigenvalue weighted by molar-refractivity contribution is -0.134. The molecular formula is C26H39N3O3. The Labute approximate surface area is 192 Å². The van der Waals surface area contributed by atoms with Crippen LogP contribution in [-0.4, -0.2) is 67.4 Å². The van der Waals surface area contributed by atoms with Crippen molar-refractivity contribution in [2.24, 2.45) is 10.6 Å². The van der Waals surface area contributed by atoms with Gasteiger partial charge in [0, 0.05) is 19.6 Å². The van der Waals surface area contributed by atoms with E-state index >= 15 is 0 Å². The molecule has 4 rings (SSSR count). The normalized spacial score (nSPS) is 20.9. The maximum atomic E-state index is 12.3. The Balaban J connectivity index is 1.16. The van der Waals surface area contributed by atoms with Gasteiger partial charge in [-0.15, -0.1) is 0 Å². The van der Waals surface area contributed by atoms with Crippen molar-refractivity contribution >= 4 is 11.6 Å². The van der Waals surface area contributed by atoms with Crippen LogP contribution in [0.1, 0.15) is 70.3 Å². The van der Waals surface area contributed by atoms with Gasteiger partial charge < -0.3 is 19.4 Å². The maximum Gasteiger partial charge on any atom is 0.260 e. The zero-order chi connectivity index (χ0) is 22.2. The second-order valence-corrected chi connectivity index (χ2v) is 9.67. The standard InChI is InChI=1S/C26H39N3O3/c1-2-24(27-32-20-6-15-28-18-13-26(11-12-26)14-19-28)22-7-9-23(10-8-22)31-21-25(30)29-16-4-3-5-17-29/h7-10H,2-6,11-21H2,1H3. The second-order valence-electron chi connectivity index (χ2n) is 9.67. The minimum atomic E-state index is 0.0783. The van der Waals surface area contributed by atoms with E-state index < -0.39 is 0 Å². The first-order valence-electron chi connectivity index (χ1n) is 12.6. The summed E-state index contributed by atoms with van der Waals surface area (Å²) in [6.07, 6.45) is 10.9. The average Bonchev–Trinajstić information content (AvgIpc) is 3.61. The predicted molar refractivity (Wildman–Crippen MR) is 127 cm³/mol. The molecule has 1 aliphatic carbocycles. The third-order valence-corrected chi connectivity index (χ3v) is 7.35. The van der Waals surface area contributed by atoms with E-state index in [9.17, 15) is 4.79 Å². The molecule has 6 nitrogen and oxygen atoms in total. The van der Waals surface area contributed by atoms with E-state index in [2.05, 4.69) is 17.0 Å². The highest BCUT2D eigenvalue weighted by Crippen LogP contribution is 2.53. The smallest absolute Gasteiger partial charge is 0.260 e. The first-order valence-corrected chi connectivity index (χ1v) is 12.6. The number of nitrogens with zero attached hydrogens (tertiary/aromatic N) is 3. The minimum Gasteiger partial charge on any atom is -0.484 e. The summed E-state index contributed by atoms with van der Waals surface area (Å²) in [7, 11) is 0. The molecule has 0 radical (unpaired) electrons. The van der Waals surface area contributed by atoms with Gasteiger partial charge in [0.25, 0.3) is 5.91 Å².